The summed E-state index contributed by atoms with van der Waals surface area (Å²) in [6, 6.07) is 8.42. The highest BCUT2D eigenvalue weighted by molar-refractivity contribution is 7.91. The molecular formula is C14H17ClN2O2S2. The van der Waals surface area contributed by atoms with Gasteiger partial charge in [-0.25, -0.2) is 13.1 Å². The Morgan fingerprint density at radius 2 is 2.10 bits per heavy atom. The van der Waals surface area contributed by atoms with Crippen molar-refractivity contribution in [3.63, 3.8) is 0 Å². The number of hydrogen-bond acceptors (Lipinski definition) is 4. The molecule has 1 heterocycles. The first kappa shape index (κ1) is 16.5. The molecule has 0 aliphatic rings. The summed E-state index contributed by atoms with van der Waals surface area (Å²) >= 11 is 7.14. The summed E-state index contributed by atoms with van der Waals surface area (Å²) < 4.78 is 27.8. The number of rotatable bonds is 5. The van der Waals surface area contributed by atoms with E-state index in [2.05, 4.69) is 4.72 Å². The molecule has 21 heavy (non-hydrogen) atoms. The van der Waals surface area contributed by atoms with E-state index in [9.17, 15) is 8.42 Å². The van der Waals surface area contributed by atoms with Crippen LogP contribution in [-0.4, -0.2) is 8.42 Å². The van der Waals surface area contributed by atoms with Crippen LogP contribution in [0.4, 0.5) is 0 Å². The van der Waals surface area contributed by atoms with Gasteiger partial charge < -0.3 is 5.73 Å². The van der Waals surface area contributed by atoms with Crippen molar-refractivity contribution < 1.29 is 8.42 Å². The maximum absolute atomic E-state index is 12.4. The van der Waals surface area contributed by atoms with Crippen LogP contribution < -0.4 is 10.5 Å². The topological polar surface area (TPSA) is 72.2 Å². The van der Waals surface area contributed by atoms with Gasteiger partial charge in [-0.3, -0.25) is 0 Å². The summed E-state index contributed by atoms with van der Waals surface area (Å²) in [7, 11) is -3.56. The van der Waals surface area contributed by atoms with Gasteiger partial charge in [-0.05, 0) is 43.2 Å². The van der Waals surface area contributed by atoms with Crippen molar-refractivity contribution in [2.45, 2.75) is 30.6 Å². The summed E-state index contributed by atoms with van der Waals surface area (Å²) in [5.74, 6) is 0. The van der Waals surface area contributed by atoms with Crippen LogP contribution in [0.2, 0.25) is 5.02 Å². The second-order valence-electron chi connectivity index (χ2n) is 4.77. The standard InChI is InChI=1S/C14H17ClN2O2S2/c1-9-6-14(20-13(9)8-16)21(18,19)17-10(2)11-4-3-5-12(15)7-11/h3-7,10,17H,8,16H2,1-2H3. The van der Waals surface area contributed by atoms with E-state index >= 15 is 0 Å². The van der Waals surface area contributed by atoms with Crippen LogP contribution in [0.15, 0.2) is 34.5 Å². The van der Waals surface area contributed by atoms with Crippen molar-refractivity contribution in [1.82, 2.24) is 4.72 Å². The molecule has 7 heteroatoms. The Bertz CT molecular complexity index is 741. The van der Waals surface area contributed by atoms with Crippen molar-refractivity contribution in [3.8, 4) is 0 Å². The molecule has 0 bridgehead atoms. The van der Waals surface area contributed by atoms with Gasteiger partial charge in [-0.15, -0.1) is 11.3 Å². The third-order valence-electron chi connectivity index (χ3n) is 3.13. The third kappa shape index (κ3) is 3.84. The lowest BCUT2D eigenvalue weighted by Gasteiger charge is -2.14. The van der Waals surface area contributed by atoms with Crippen LogP contribution in [0.5, 0.6) is 0 Å². The Balaban J connectivity index is 2.24. The fraction of sp³-hybridized carbons (Fsp3) is 0.286. The Kier molecular flexibility index (Phi) is 5.06. The highest BCUT2D eigenvalue weighted by atomic mass is 35.5. The smallest absolute Gasteiger partial charge is 0.250 e. The van der Waals surface area contributed by atoms with Gasteiger partial charge in [0.1, 0.15) is 4.21 Å². The Morgan fingerprint density at radius 1 is 1.38 bits per heavy atom. The number of thiophene rings is 1. The Labute approximate surface area is 134 Å². The van der Waals surface area contributed by atoms with E-state index in [0.717, 1.165) is 16.0 Å². The molecule has 114 valence electrons. The molecule has 4 nitrogen and oxygen atoms in total. The van der Waals surface area contributed by atoms with Crippen molar-refractivity contribution in [2.24, 2.45) is 5.73 Å². The molecule has 0 aliphatic heterocycles. The average molecular weight is 345 g/mol. The number of hydrogen-bond donors (Lipinski definition) is 2. The summed E-state index contributed by atoms with van der Waals surface area (Å²) in [5.41, 5.74) is 7.32. The van der Waals surface area contributed by atoms with E-state index in [0.29, 0.717) is 11.6 Å². The Hall–Kier alpha value is -0.920. The normalized spacial score (nSPS) is 13.3. The minimum absolute atomic E-state index is 0.286. The fourth-order valence-corrected chi connectivity index (χ4v) is 4.87. The first-order valence-corrected chi connectivity index (χ1v) is 9.08. The zero-order chi connectivity index (χ0) is 15.6. The molecule has 1 unspecified atom stereocenters. The van der Waals surface area contributed by atoms with E-state index in [-0.39, 0.29) is 10.3 Å². The van der Waals surface area contributed by atoms with Crippen LogP contribution in [0, 0.1) is 6.92 Å². The van der Waals surface area contributed by atoms with Gasteiger partial charge in [0.2, 0.25) is 0 Å². The monoisotopic (exact) mass is 344 g/mol. The largest absolute Gasteiger partial charge is 0.326 e. The average Bonchev–Trinajstić information content (AvgIpc) is 2.80. The van der Waals surface area contributed by atoms with E-state index in [1.165, 1.54) is 11.3 Å². The number of halogens is 1. The van der Waals surface area contributed by atoms with Crippen LogP contribution in [0.3, 0.4) is 0 Å². The first-order chi connectivity index (χ1) is 9.83. The van der Waals surface area contributed by atoms with Gasteiger partial charge in [0.05, 0.1) is 0 Å². The molecule has 3 N–H and O–H groups in total. The van der Waals surface area contributed by atoms with Crippen molar-refractivity contribution in [3.05, 3.63) is 51.4 Å². The van der Waals surface area contributed by atoms with Gasteiger partial charge in [-0.1, -0.05) is 23.7 Å². The van der Waals surface area contributed by atoms with Gasteiger partial charge in [-0.2, -0.15) is 0 Å². The van der Waals surface area contributed by atoms with Gasteiger partial charge >= 0.3 is 0 Å². The molecule has 1 aromatic carbocycles. The predicted molar refractivity (Wildman–Crippen MR) is 87.1 cm³/mol. The molecule has 1 atom stereocenters. The third-order valence-corrected chi connectivity index (χ3v) is 6.64. The van der Waals surface area contributed by atoms with E-state index < -0.39 is 10.0 Å². The molecule has 0 fully saturated rings. The number of sulfonamides is 1. The van der Waals surface area contributed by atoms with Crippen LogP contribution in [0.25, 0.3) is 0 Å². The maximum Gasteiger partial charge on any atom is 0.250 e. The molecule has 0 amide bonds. The first-order valence-electron chi connectivity index (χ1n) is 6.40. The van der Waals surface area contributed by atoms with E-state index in [1.807, 2.05) is 13.0 Å². The Morgan fingerprint density at radius 3 is 2.67 bits per heavy atom. The summed E-state index contributed by atoms with van der Waals surface area (Å²) in [6.07, 6.45) is 0. The molecule has 1 aromatic heterocycles. The molecule has 0 spiro atoms. The zero-order valence-electron chi connectivity index (χ0n) is 11.8. The van der Waals surface area contributed by atoms with Gasteiger partial charge in [0, 0.05) is 22.5 Å². The SMILES string of the molecule is Cc1cc(S(=O)(=O)NC(C)c2cccc(Cl)c2)sc1CN. The highest BCUT2D eigenvalue weighted by Crippen LogP contribution is 2.27. The summed E-state index contributed by atoms with van der Waals surface area (Å²) in [6.45, 7) is 3.99. The number of aryl methyl sites for hydroxylation is 1. The highest BCUT2D eigenvalue weighted by Gasteiger charge is 2.21. The van der Waals surface area contributed by atoms with E-state index in [4.69, 9.17) is 17.3 Å². The van der Waals surface area contributed by atoms with Crippen molar-refractivity contribution >= 4 is 33.0 Å². The molecule has 0 radical (unpaired) electrons. The zero-order valence-corrected chi connectivity index (χ0v) is 14.1. The quantitative estimate of drug-likeness (QED) is 0.874. The van der Waals surface area contributed by atoms with Crippen LogP contribution in [-0.2, 0) is 16.6 Å². The molecular weight excluding hydrogens is 328 g/mol. The van der Waals surface area contributed by atoms with E-state index in [1.54, 1.807) is 31.2 Å². The minimum atomic E-state index is -3.56. The lowest BCUT2D eigenvalue weighted by Crippen LogP contribution is -2.26. The fourth-order valence-electron chi connectivity index (χ4n) is 1.96. The second kappa shape index (κ2) is 6.46. The molecule has 2 aromatic rings. The van der Waals surface area contributed by atoms with Gasteiger partial charge in [0.25, 0.3) is 10.0 Å². The molecule has 2 rings (SSSR count). The van der Waals surface area contributed by atoms with Crippen LogP contribution in [0.1, 0.15) is 29.0 Å². The molecule has 0 aliphatic carbocycles. The minimum Gasteiger partial charge on any atom is -0.326 e. The molecule has 0 saturated heterocycles. The number of nitrogens with one attached hydrogen (secondary N) is 1. The molecule has 0 saturated carbocycles. The van der Waals surface area contributed by atoms with Crippen LogP contribution >= 0.6 is 22.9 Å². The summed E-state index contributed by atoms with van der Waals surface area (Å²) in [5, 5.41) is 0.580. The lowest BCUT2D eigenvalue weighted by atomic mass is 10.1. The summed E-state index contributed by atoms with van der Waals surface area (Å²) in [4.78, 5) is 0.880. The van der Waals surface area contributed by atoms with Crippen molar-refractivity contribution in [1.29, 1.82) is 0 Å². The maximum atomic E-state index is 12.4. The number of benzene rings is 1. The predicted octanol–water partition coefficient (Wildman–Crippen LogP) is 3.21. The second-order valence-corrected chi connectivity index (χ2v) is 8.29. The van der Waals surface area contributed by atoms with Gasteiger partial charge in [0.15, 0.2) is 0 Å². The van der Waals surface area contributed by atoms with Crippen molar-refractivity contribution in [2.75, 3.05) is 0 Å². The lowest BCUT2D eigenvalue weighted by molar-refractivity contribution is 0.569. The number of nitrogens with two attached hydrogens (primary N) is 1.